The Morgan fingerprint density at radius 1 is 1.00 bits per heavy atom. The molecule has 88 valence electrons. The maximum atomic E-state index is 9.58. The van der Waals surface area contributed by atoms with E-state index in [1.807, 2.05) is 52.1 Å². The lowest BCUT2D eigenvalue weighted by Gasteiger charge is -1.90. The van der Waals surface area contributed by atoms with E-state index in [2.05, 4.69) is 6.58 Å². The molecule has 0 heterocycles. The summed E-state index contributed by atoms with van der Waals surface area (Å²) in [6, 6.07) is 0. The van der Waals surface area contributed by atoms with Gasteiger partial charge in [0.2, 0.25) is 0 Å². The fourth-order valence-electron chi connectivity index (χ4n) is 0. The average Bonchev–Trinajstić information content (AvgIpc) is 1.83. The first-order chi connectivity index (χ1) is 6.02. The monoisotopic (exact) mass is 226 g/mol. The highest BCUT2D eigenvalue weighted by atomic mass is 31.2. The van der Waals surface area contributed by atoms with E-state index in [1.165, 1.54) is 0 Å². The van der Waals surface area contributed by atoms with Crippen LogP contribution < -0.4 is 0 Å². The molecule has 0 bridgehead atoms. The zero-order chi connectivity index (χ0) is 12.4. The van der Waals surface area contributed by atoms with Crippen molar-refractivity contribution in [1.82, 2.24) is 9.80 Å². The lowest BCUT2D eigenvalue weighted by atomic mass is 11.0. The SMILES string of the molecule is C=CP(=O)(O)O.CN(C)C.CN(C)C. The van der Waals surface area contributed by atoms with Crippen LogP contribution in [0.2, 0.25) is 0 Å². The van der Waals surface area contributed by atoms with Crippen molar-refractivity contribution >= 4 is 7.60 Å². The maximum Gasteiger partial charge on any atom is 0.348 e. The van der Waals surface area contributed by atoms with Gasteiger partial charge in [-0.15, -0.1) is 0 Å². The van der Waals surface area contributed by atoms with Gasteiger partial charge < -0.3 is 19.6 Å². The second-order valence-corrected chi connectivity index (χ2v) is 5.00. The largest absolute Gasteiger partial charge is 0.348 e. The summed E-state index contributed by atoms with van der Waals surface area (Å²) in [5.74, 6) is 0.604. The summed E-state index contributed by atoms with van der Waals surface area (Å²) in [4.78, 5) is 19.6. The van der Waals surface area contributed by atoms with E-state index in [-0.39, 0.29) is 0 Å². The highest BCUT2D eigenvalue weighted by Gasteiger charge is 2.00. The Labute approximate surface area is 87.2 Å². The molecule has 0 rings (SSSR count). The zero-order valence-electron chi connectivity index (χ0n) is 9.93. The quantitative estimate of drug-likeness (QED) is 0.643. The average molecular weight is 226 g/mol. The van der Waals surface area contributed by atoms with Gasteiger partial charge in [0.25, 0.3) is 0 Å². The van der Waals surface area contributed by atoms with Crippen LogP contribution in [-0.4, -0.2) is 61.9 Å². The van der Waals surface area contributed by atoms with Crippen LogP contribution in [0.25, 0.3) is 0 Å². The van der Waals surface area contributed by atoms with Crippen LogP contribution in [0, 0.1) is 0 Å². The van der Waals surface area contributed by atoms with Crippen molar-refractivity contribution in [2.24, 2.45) is 0 Å². The van der Waals surface area contributed by atoms with E-state index in [1.54, 1.807) is 0 Å². The first kappa shape index (κ1) is 19.4. The van der Waals surface area contributed by atoms with Gasteiger partial charge in [-0.2, -0.15) is 0 Å². The van der Waals surface area contributed by atoms with Crippen molar-refractivity contribution in [2.45, 2.75) is 0 Å². The minimum atomic E-state index is -3.88. The minimum Gasteiger partial charge on any atom is -0.321 e. The summed E-state index contributed by atoms with van der Waals surface area (Å²) in [6.45, 7) is 2.87. The Bertz CT molecular complexity index is 154. The molecule has 6 heteroatoms. The predicted molar refractivity (Wildman–Crippen MR) is 61.5 cm³/mol. The zero-order valence-corrected chi connectivity index (χ0v) is 10.8. The summed E-state index contributed by atoms with van der Waals surface area (Å²) in [7, 11) is 8.12. The summed E-state index contributed by atoms with van der Waals surface area (Å²) in [6.07, 6.45) is 0. The van der Waals surface area contributed by atoms with Gasteiger partial charge in [0.15, 0.2) is 0 Å². The van der Waals surface area contributed by atoms with Crippen molar-refractivity contribution in [3.63, 3.8) is 0 Å². The number of hydrogen-bond donors (Lipinski definition) is 2. The molecule has 0 aromatic heterocycles. The molecule has 0 aromatic rings. The molecule has 0 aliphatic heterocycles. The first-order valence-electron chi connectivity index (χ1n) is 3.93. The lowest BCUT2D eigenvalue weighted by molar-refractivity contribution is 0.386. The van der Waals surface area contributed by atoms with Gasteiger partial charge in [-0.1, -0.05) is 6.58 Å². The van der Waals surface area contributed by atoms with Crippen molar-refractivity contribution in [2.75, 3.05) is 42.3 Å². The second-order valence-electron chi connectivity index (χ2n) is 3.45. The van der Waals surface area contributed by atoms with Crippen LogP contribution in [-0.2, 0) is 4.57 Å². The van der Waals surface area contributed by atoms with Crippen LogP contribution >= 0.6 is 7.60 Å². The molecule has 0 aliphatic carbocycles. The smallest absolute Gasteiger partial charge is 0.321 e. The molecule has 0 saturated carbocycles. The van der Waals surface area contributed by atoms with Gasteiger partial charge in [0.1, 0.15) is 0 Å². The molecule has 5 nitrogen and oxygen atoms in total. The Balaban J connectivity index is -0.000000135. The molecule has 0 amide bonds. The molecule has 14 heavy (non-hydrogen) atoms. The molecular formula is C8H23N2O3P. The third-order valence-corrected chi connectivity index (χ3v) is 0.714. The van der Waals surface area contributed by atoms with Crippen LogP contribution in [0.15, 0.2) is 12.4 Å². The Morgan fingerprint density at radius 3 is 1.07 bits per heavy atom. The van der Waals surface area contributed by atoms with E-state index < -0.39 is 7.60 Å². The van der Waals surface area contributed by atoms with E-state index in [9.17, 15) is 4.57 Å². The second kappa shape index (κ2) is 10.9. The van der Waals surface area contributed by atoms with E-state index in [4.69, 9.17) is 9.79 Å². The third-order valence-electron chi connectivity index (χ3n) is 0.238. The number of hydrogen-bond acceptors (Lipinski definition) is 3. The van der Waals surface area contributed by atoms with Crippen molar-refractivity contribution in [3.05, 3.63) is 12.4 Å². The molecule has 0 unspecified atom stereocenters. The molecular weight excluding hydrogens is 203 g/mol. The van der Waals surface area contributed by atoms with Crippen molar-refractivity contribution in [3.8, 4) is 0 Å². The van der Waals surface area contributed by atoms with Gasteiger partial charge in [-0.05, 0) is 42.3 Å². The van der Waals surface area contributed by atoms with E-state index in [0.29, 0.717) is 5.82 Å². The van der Waals surface area contributed by atoms with Crippen molar-refractivity contribution < 1.29 is 14.4 Å². The number of rotatable bonds is 1. The minimum absolute atomic E-state index is 0.604. The van der Waals surface area contributed by atoms with Gasteiger partial charge in [0.05, 0.1) is 0 Å². The topological polar surface area (TPSA) is 64.0 Å². The van der Waals surface area contributed by atoms with Crippen LogP contribution in [0.3, 0.4) is 0 Å². The highest BCUT2D eigenvalue weighted by molar-refractivity contribution is 7.55. The van der Waals surface area contributed by atoms with E-state index >= 15 is 0 Å². The maximum absolute atomic E-state index is 9.58. The molecule has 0 aliphatic rings. The highest BCUT2D eigenvalue weighted by Crippen LogP contribution is 2.34. The standard InChI is InChI=1S/2C3H9N.C2H5O3P/c2*1-4(2)3;1-2-6(3,4)5/h2*1-3H3;2H,1H2,(H2,3,4,5). The van der Waals surface area contributed by atoms with Gasteiger partial charge in [0, 0.05) is 5.82 Å². The van der Waals surface area contributed by atoms with Gasteiger partial charge in [-0.3, -0.25) is 4.57 Å². The summed E-state index contributed by atoms with van der Waals surface area (Å²) < 4.78 is 9.58. The lowest BCUT2D eigenvalue weighted by Crippen LogP contribution is -1.99. The molecule has 0 fully saturated rings. The molecule has 2 N–H and O–H groups in total. The Kier molecular flexibility index (Phi) is 15.1. The summed E-state index contributed by atoms with van der Waals surface area (Å²) in [5, 5.41) is 0. The Morgan fingerprint density at radius 2 is 1.07 bits per heavy atom. The normalized spacial score (nSPS) is 9.86. The van der Waals surface area contributed by atoms with E-state index in [0.717, 1.165) is 0 Å². The van der Waals surface area contributed by atoms with Crippen molar-refractivity contribution in [1.29, 1.82) is 0 Å². The third kappa shape index (κ3) is 175. The van der Waals surface area contributed by atoms with Gasteiger partial charge in [-0.25, -0.2) is 0 Å². The Hall–Kier alpha value is -0.190. The molecule has 0 saturated heterocycles. The van der Waals surface area contributed by atoms with Crippen LogP contribution in [0.4, 0.5) is 0 Å². The molecule has 0 radical (unpaired) electrons. The summed E-state index contributed by atoms with van der Waals surface area (Å²) >= 11 is 0. The predicted octanol–water partition coefficient (Wildman–Crippen LogP) is 0.663. The molecule has 0 aromatic carbocycles. The van der Waals surface area contributed by atoms with Crippen LogP contribution in [0.5, 0.6) is 0 Å². The number of nitrogens with zero attached hydrogens (tertiary/aromatic N) is 2. The first-order valence-corrected chi connectivity index (χ1v) is 5.61. The molecule has 0 atom stereocenters. The fourth-order valence-corrected chi connectivity index (χ4v) is 0. The fraction of sp³-hybridized carbons (Fsp3) is 0.750. The van der Waals surface area contributed by atoms with Gasteiger partial charge >= 0.3 is 7.60 Å². The summed E-state index contributed by atoms with van der Waals surface area (Å²) in [5.41, 5.74) is 0. The van der Waals surface area contributed by atoms with Crippen LogP contribution in [0.1, 0.15) is 0 Å². The molecule has 0 spiro atoms.